The molecule has 0 unspecified atom stereocenters. The Morgan fingerprint density at radius 3 is 2.45 bits per heavy atom. The van der Waals surface area contributed by atoms with Crippen LogP contribution in [0, 0.1) is 11.8 Å². The van der Waals surface area contributed by atoms with Gasteiger partial charge in [-0.05, 0) is 43.9 Å². The molecule has 1 aromatic heterocycles. The van der Waals surface area contributed by atoms with E-state index in [1.807, 2.05) is 7.05 Å². The van der Waals surface area contributed by atoms with Crippen LogP contribution in [0.5, 0.6) is 0 Å². The van der Waals surface area contributed by atoms with E-state index in [0.717, 1.165) is 24.0 Å². The van der Waals surface area contributed by atoms with E-state index in [-0.39, 0.29) is 0 Å². The Labute approximate surface area is 123 Å². The lowest BCUT2D eigenvalue weighted by atomic mass is 9.80. The third-order valence-electron chi connectivity index (χ3n) is 4.46. The zero-order valence-electron chi connectivity index (χ0n) is 13.4. The van der Waals surface area contributed by atoms with Crippen molar-refractivity contribution in [2.45, 2.75) is 65.2 Å². The summed E-state index contributed by atoms with van der Waals surface area (Å²) < 4.78 is 0. The standard InChI is InChI=1S/C17H29N3/c1-5-13-6-8-14(9-7-13)17-19-15(10-12(2)3)11-16(18-4)20-17/h11-14H,5-10H2,1-4H3,(H,18,19,20). The summed E-state index contributed by atoms with van der Waals surface area (Å²) in [5, 5.41) is 3.19. The fourth-order valence-corrected chi connectivity index (χ4v) is 3.18. The van der Waals surface area contributed by atoms with E-state index in [1.165, 1.54) is 37.8 Å². The maximum absolute atomic E-state index is 4.84. The summed E-state index contributed by atoms with van der Waals surface area (Å²) in [5.74, 6) is 4.18. The van der Waals surface area contributed by atoms with Crippen LogP contribution in [-0.4, -0.2) is 17.0 Å². The lowest BCUT2D eigenvalue weighted by Gasteiger charge is -2.27. The number of nitrogens with zero attached hydrogens (tertiary/aromatic N) is 2. The molecule has 1 aliphatic rings. The van der Waals surface area contributed by atoms with Crippen LogP contribution in [0.15, 0.2) is 6.07 Å². The molecule has 0 aliphatic heterocycles. The molecule has 0 radical (unpaired) electrons. The van der Waals surface area contributed by atoms with Gasteiger partial charge in [0.1, 0.15) is 11.6 Å². The van der Waals surface area contributed by atoms with E-state index >= 15 is 0 Å². The van der Waals surface area contributed by atoms with E-state index in [2.05, 4.69) is 32.2 Å². The maximum atomic E-state index is 4.84. The van der Waals surface area contributed by atoms with Gasteiger partial charge in [-0.25, -0.2) is 9.97 Å². The molecular weight excluding hydrogens is 246 g/mol. The van der Waals surface area contributed by atoms with Gasteiger partial charge in [0.2, 0.25) is 0 Å². The summed E-state index contributed by atoms with van der Waals surface area (Å²) in [6.45, 7) is 6.80. The van der Waals surface area contributed by atoms with E-state index in [4.69, 9.17) is 9.97 Å². The summed E-state index contributed by atoms with van der Waals surface area (Å²) >= 11 is 0. The molecule has 0 spiro atoms. The fourth-order valence-electron chi connectivity index (χ4n) is 3.18. The summed E-state index contributed by atoms with van der Waals surface area (Å²) in [6, 6.07) is 2.10. The first kappa shape index (κ1) is 15.3. The highest BCUT2D eigenvalue weighted by Gasteiger charge is 2.24. The predicted octanol–water partition coefficient (Wildman–Crippen LogP) is 4.40. The van der Waals surface area contributed by atoms with Gasteiger partial charge in [0.15, 0.2) is 0 Å². The molecule has 1 aliphatic carbocycles. The van der Waals surface area contributed by atoms with Gasteiger partial charge >= 0.3 is 0 Å². The second-order valence-corrected chi connectivity index (χ2v) is 6.58. The molecular formula is C17H29N3. The van der Waals surface area contributed by atoms with Crippen LogP contribution < -0.4 is 5.32 Å². The fraction of sp³-hybridized carbons (Fsp3) is 0.765. The monoisotopic (exact) mass is 275 g/mol. The normalized spacial score (nSPS) is 23.1. The van der Waals surface area contributed by atoms with Crippen molar-refractivity contribution in [1.82, 2.24) is 9.97 Å². The number of nitrogens with one attached hydrogen (secondary N) is 1. The molecule has 1 aromatic rings. The molecule has 1 saturated carbocycles. The molecule has 20 heavy (non-hydrogen) atoms. The highest BCUT2D eigenvalue weighted by atomic mass is 15.0. The lowest BCUT2D eigenvalue weighted by Crippen LogP contribution is -2.16. The molecule has 3 nitrogen and oxygen atoms in total. The van der Waals surface area contributed by atoms with Crippen molar-refractivity contribution < 1.29 is 0 Å². The molecule has 0 aromatic carbocycles. The van der Waals surface area contributed by atoms with E-state index < -0.39 is 0 Å². The maximum Gasteiger partial charge on any atom is 0.134 e. The average Bonchev–Trinajstić information content (AvgIpc) is 2.46. The Hall–Kier alpha value is -1.12. The summed E-state index contributed by atoms with van der Waals surface area (Å²) in [5.41, 5.74) is 1.19. The zero-order valence-corrected chi connectivity index (χ0v) is 13.4. The number of rotatable bonds is 5. The lowest BCUT2D eigenvalue weighted by molar-refractivity contribution is 0.312. The Bertz CT molecular complexity index is 420. The SMILES string of the molecule is CCC1CCC(c2nc(CC(C)C)cc(NC)n2)CC1. The smallest absolute Gasteiger partial charge is 0.134 e. The topological polar surface area (TPSA) is 37.8 Å². The third-order valence-corrected chi connectivity index (χ3v) is 4.46. The number of hydrogen-bond acceptors (Lipinski definition) is 3. The van der Waals surface area contributed by atoms with Crippen LogP contribution >= 0.6 is 0 Å². The first-order valence-corrected chi connectivity index (χ1v) is 8.18. The Morgan fingerprint density at radius 1 is 1.20 bits per heavy atom. The summed E-state index contributed by atoms with van der Waals surface area (Å²) in [4.78, 5) is 9.56. The second-order valence-electron chi connectivity index (χ2n) is 6.58. The van der Waals surface area contributed by atoms with Crippen molar-refractivity contribution in [3.8, 4) is 0 Å². The molecule has 112 valence electrons. The van der Waals surface area contributed by atoms with Crippen molar-refractivity contribution in [1.29, 1.82) is 0 Å². The minimum atomic E-state index is 0.567. The Balaban J connectivity index is 2.14. The number of anilines is 1. The Kier molecular flexibility index (Phi) is 5.38. The van der Waals surface area contributed by atoms with Gasteiger partial charge in [0.25, 0.3) is 0 Å². The van der Waals surface area contributed by atoms with Crippen LogP contribution in [-0.2, 0) is 6.42 Å². The highest BCUT2D eigenvalue weighted by Crippen LogP contribution is 2.36. The minimum Gasteiger partial charge on any atom is -0.373 e. The molecule has 0 amide bonds. The molecule has 1 N–H and O–H groups in total. The number of hydrogen-bond donors (Lipinski definition) is 1. The van der Waals surface area contributed by atoms with Gasteiger partial charge in [-0.1, -0.05) is 27.2 Å². The first-order valence-electron chi connectivity index (χ1n) is 8.18. The molecule has 1 fully saturated rings. The van der Waals surface area contributed by atoms with Gasteiger partial charge in [-0.2, -0.15) is 0 Å². The van der Waals surface area contributed by atoms with Crippen molar-refractivity contribution in [2.24, 2.45) is 11.8 Å². The predicted molar refractivity (Wildman–Crippen MR) is 85.1 cm³/mol. The zero-order chi connectivity index (χ0) is 14.5. The highest BCUT2D eigenvalue weighted by molar-refractivity contribution is 5.35. The molecule has 0 bridgehead atoms. The average molecular weight is 275 g/mol. The summed E-state index contributed by atoms with van der Waals surface area (Å²) in [7, 11) is 1.94. The molecule has 0 atom stereocenters. The van der Waals surface area contributed by atoms with Gasteiger partial charge < -0.3 is 5.32 Å². The minimum absolute atomic E-state index is 0.567. The molecule has 1 heterocycles. The van der Waals surface area contributed by atoms with E-state index in [0.29, 0.717) is 11.8 Å². The molecule has 2 rings (SSSR count). The van der Waals surface area contributed by atoms with Gasteiger partial charge in [0, 0.05) is 24.7 Å². The second kappa shape index (κ2) is 7.05. The third kappa shape index (κ3) is 3.94. The van der Waals surface area contributed by atoms with Crippen LogP contribution in [0.1, 0.15) is 70.3 Å². The molecule has 3 heteroatoms. The van der Waals surface area contributed by atoms with Crippen LogP contribution in [0.4, 0.5) is 5.82 Å². The van der Waals surface area contributed by atoms with E-state index in [1.54, 1.807) is 0 Å². The van der Waals surface area contributed by atoms with Crippen LogP contribution in [0.25, 0.3) is 0 Å². The van der Waals surface area contributed by atoms with Crippen LogP contribution in [0.2, 0.25) is 0 Å². The van der Waals surface area contributed by atoms with Crippen molar-refractivity contribution in [2.75, 3.05) is 12.4 Å². The number of aromatic nitrogens is 2. The van der Waals surface area contributed by atoms with Crippen molar-refractivity contribution >= 4 is 5.82 Å². The van der Waals surface area contributed by atoms with Gasteiger partial charge in [-0.3, -0.25) is 0 Å². The van der Waals surface area contributed by atoms with Crippen LogP contribution in [0.3, 0.4) is 0 Å². The first-order chi connectivity index (χ1) is 9.62. The summed E-state index contributed by atoms with van der Waals surface area (Å²) in [6.07, 6.45) is 7.55. The van der Waals surface area contributed by atoms with Gasteiger partial charge in [0.05, 0.1) is 0 Å². The van der Waals surface area contributed by atoms with E-state index in [9.17, 15) is 0 Å². The van der Waals surface area contributed by atoms with Gasteiger partial charge in [-0.15, -0.1) is 0 Å². The van der Waals surface area contributed by atoms with Crippen molar-refractivity contribution in [3.05, 3.63) is 17.6 Å². The largest absolute Gasteiger partial charge is 0.373 e. The molecule has 0 saturated heterocycles. The Morgan fingerprint density at radius 2 is 1.90 bits per heavy atom. The quantitative estimate of drug-likeness (QED) is 0.865. The van der Waals surface area contributed by atoms with Crippen molar-refractivity contribution in [3.63, 3.8) is 0 Å².